The number of carbonyl (C=O) groups is 1. The lowest BCUT2D eigenvalue weighted by Crippen LogP contribution is -2.55. The molecule has 1 heterocycles. The number of rotatable bonds is 6. The number of alkyl halides is 1. The molecule has 2 atom stereocenters. The molecule has 4 aromatic rings. The molecule has 0 fully saturated rings. The highest BCUT2D eigenvalue weighted by molar-refractivity contribution is 7.93. The maximum Gasteiger partial charge on any atom is 0.295 e. The summed E-state index contributed by atoms with van der Waals surface area (Å²) >= 11 is 6.19. The van der Waals surface area contributed by atoms with Crippen molar-refractivity contribution in [2.24, 2.45) is 5.92 Å². The van der Waals surface area contributed by atoms with Crippen molar-refractivity contribution >= 4 is 38.2 Å². The number of aryl methyl sites for hydroxylation is 1. The molecular formula is C28H26ClFN2O3S. The number of carbonyl (C=O) groups excluding carboxylic acids is 1. The molecule has 5 nitrogen and oxygen atoms in total. The van der Waals surface area contributed by atoms with Crippen LogP contribution in [0.2, 0.25) is 5.02 Å². The molecule has 1 aliphatic rings. The van der Waals surface area contributed by atoms with E-state index in [1.807, 2.05) is 42.5 Å². The van der Waals surface area contributed by atoms with Gasteiger partial charge in [0, 0.05) is 41.1 Å². The van der Waals surface area contributed by atoms with Gasteiger partial charge in [0.25, 0.3) is 10.9 Å². The Bertz CT molecular complexity index is 1520. The van der Waals surface area contributed by atoms with Gasteiger partial charge in [0.15, 0.2) is 0 Å². The molecule has 0 spiro atoms. The molecule has 0 radical (unpaired) electrons. The zero-order valence-corrected chi connectivity index (χ0v) is 21.3. The average molecular weight is 525 g/mol. The number of halogens is 2. The van der Waals surface area contributed by atoms with E-state index >= 15 is 4.39 Å². The number of hydrogen-bond acceptors (Lipinski definition) is 3. The number of fused-ring (bicyclic) bond motifs is 3. The Hall–Kier alpha value is -3.16. The molecule has 1 amide bonds. The summed E-state index contributed by atoms with van der Waals surface area (Å²) in [5.74, 6) is -2.12. The van der Waals surface area contributed by atoms with Crippen LogP contribution in [-0.2, 0) is 34.0 Å². The highest BCUT2D eigenvalue weighted by Crippen LogP contribution is 2.44. The van der Waals surface area contributed by atoms with E-state index in [0.29, 0.717) is 11.4 Å². The van der Waals surface area contributed by atoms with E-state index in [1.54, 1.807) is 12.1 Å². The third-order valence-corrected chi connectivity index (χ3v) is 9.44. The Morgan fingerprint density at radius 2 is 1.75 bits per heavy atom. The lowest BCUT2D eigenvalue weighted by Gasteiger charge is -2.37. The fourth-order valence-electron chi connectivity index (χ4n) is 5.19. The van der Waals surface area contributed by atoms with Gasteiger partial charge in [0.2, 0.25) is 9.84 Å². The minimum atomic E-state index is -4.67. The zero-order chi connectivity index (χ0) is 25.5. The van der Waals surface area contributed by atoms with E-state index in [0.717, 1.165) is 27.7 Å². The van der Waals surface area contributed by atoms with Gasteiger partial charge < -0.3 is 9.88 Å². The van der Waals surface area contributed by atoms with E-state index in [4.69, 9.17) is 11.6 Å². The van der Waals surface area contributed by atoms with E-state index in [1.165, 1.54) is 36.2 Å². The fraction of sp³-hybridized carbons (Fsp3) is 0.250. The standard InChI is InChI=1S/C28H26ClFN2O3S/c1-32(18-19-8-4-2-5-9-19)27(33)28(30,36(34,35)22-10-6-3-7-11-22)20-12-14-23-24-17-21(29)13-15-25(24)31-26(23)16-20/h2-11,13,15,17,20,31H,12,14,16,18H2,1H3. The number of aromatic nitrogens is 1. The maximum absolute atomic E-state index is 17.3. The number of sulfone groups is 1. The number of nitrogens with zero attached hydrogens (tertiary/aromatic N) is 1. The van der Waals surface area contributed by atoms with Gasteiger partial charge >= 0.3 is 0 Å². The summed E-state index contributed by atoms with van der Waals surface area (Å²) in [5, 5.41) is -1.60. The zero-order valence-electron chi connectivity index (χ0n) is 19.7. The molecule has 2 unspecified atom stereocenters. The number of aromatic amines is 1. The minimum absolute atomic E-state index is 0.0924. The summed E-state index contributed by atoms with van der Waals surface area (Å²) in [4.78, 5) is 18.0. The predicted molar refractivity (Wildman–Crippen MR) is 139 cm³/mol. The van der Waals surface area contributed by atoms with E-state index in [-0.39, 0.29) is 24.3 Å². The van der Waals surface area contributed by atoms with Crippen LogP contribution in [-0.4, -0.2) is 36.3 Å². The Balaban J connectivity index is 1.57. The molecule has 0 saturated heterocycles. The Morgan fingerprint density at radius 3 is 2.44 bits per heavy atom. The lowest BCUT2D eigenvalue weighted by molar-refractivity contribution is -0.141. The first-order valence-corrected chi connectivity index (χ1v) is 13.6. The van der Waals surface area contributed by atoms with E-state index in [2.05, 4.69) is 4.98 Å². The van der Waals surface area contributed by atoms with E-state index < -0.39 is 26.7 Å². The Morgan fingerprint density at radius 1 is 1.08 bits per heavy atom. The minimum Gasteiger partial charge on any atom is -0.358 e. The van der Waals surface area contributed by atoms with Crippen molar-refractivity contribution in [1.82, 2.24) is 9.88 Å². The van der Waals surface area contributed by atoms with Crippen LogP contribution < -0.4 is 0 Å². The van der Waals surface area contributed by atoms with Crippen LogP contribution in [0.1, 0.15) is 23.2 Å². The van der Waals surface area contributed by atoms with Gasteiger partial charge in [-0.05, 0) is 60.7 Å². The Kier molecular flexibility index (Phi) is 6.39. The first kappa shape index (κ1) is 24.5. The van der Waals surface area contributed by atoms with Crippen molar-refractivity contribution < 1.29 is 17.6 Å². The van der Waals surface area contributed by atoms with Crippen molar-refractivity contribution in [3.05, 3.63) is 101 Å². The van der Waals surface area contributed by atoms with E-state index in [9.17, 15) is 13.2 Å². The second-order valence-corrected chi connectivity index (χ2v) is 11.8. The van der Waals surface area contributed by atoms with Gasteiger partial charge in [-0.1, -0.05) is 60.1 Å². The molecule has 1 N–H and O–H groups in total. The van der Waals surface area contributed by atoms with Gasteiger partial charge in [-0.3, -0.25) is 4.79 Å². The van der Waals surface area contributed by atoms with Crippen LogP contribution in [0.4, 0.5) is 4.39 Å². The van der Waals surface area contributed by atoms with Gasteiger partial charge in [-0.2, -0.15) is 0 Å². The summed E-state index contributed by atoms with van der Waals surface area (Å²) in [6.45, 7) is 0.0957. The van der Waals surface area contributed by atoms with Gasteiger partial charge in [-0.15, -0.1) is 0 Å². The fourth-order valence-corrected chi connectivity index (χ4v) is 7.25. The van der Waals surface area contributed by atoms with Gasteiger partial charge in [-0.25, -0.2) is 12.8 Å². The molecule has 0 saturated carbocycles. The van der Waals surface area contributed by atoms with Crippen LogP contribution in [0.3, 0.4) is 0 Å². The van der Waals surface area contributed by atoms with Crippen molar-refractivity contribution in [2.75, 3.05) is 7.05 Å². The van der Waals surface area contributed by atoms with Crippen LogP contribution >= 0.6 is 11.6 Å². The molecule has 1 aliphatic carbocycles. The summed E-state index contributed by atoms with van der Waals surface area (Å²) in [7, 11) is -3.22. The van der Waals surface area contributed by atoms with Crippen LogP contribution in [0.15, 0.2) is 83.8 Å². The molecule has 186 valence electrons. The van der Waals surface area contributed by atoms with Crippen molar-refractivity contribution in [2.45, 2.75) is 35.7 Å². The summed E-state index contributed by atoms with van der Waals surface area (Å²) in [6, 6.07) is 22.0. The number of nitrogens with one attached hydrogen (secondary N) is 1. The molecule has 0 bridgehead atoms. The molecule has 3 aromatic carbocycles. The number of hydrogen-bond donors (Lipinski definition) is 1. The number of benzene rings is 3. The quantitative estimate of drug-likeness (QED) is 0.350. The van der Waals surface area contributed by atoms with Crippen LogP contribution in [0.5, 0.6) is 0 Å². The first-order valence-electron chi connectivity index (χ1n) is 11.8. The summed E-state index contributed by atoms with van der Waals surface area (Å²) in [5.41, 5.74) is 3.37. The molecular weight excluding hydrogens is 499 g/mol. The summed E-state index contributed by atoms with van der Waals surface area (Å²) < 4.78 is 44.9. The normalized spacial score (nSPS) is 17.4. The topological polar surface area (TPSA) is 70.2 Å². The van der Waals surface area contributed by atoms with Crippen LogP contribution in [0, 0.1) is 5.92 Å². The first-order chi connectivity index (χ1) is 17.2. The van der Waals surface area contributed by atoms with Crippen molar-refractivity contribution in [3.8, 4) is 0 Å². The SMILES string of the molecule is CN(Cc1ccccc1)C(=O)C(F)(C1CCc2c([nH]c3ccc(Cl)cc23)C1)S(=O)(=O)c1ccccc1. The van der Waals surface area contributed by atoms with Gasteiger partial charge in [0.05, 0.1) is 4.90 Å². The van der Waals surface area contributed by atoms with Crippen molar-refractivity contribution in [3.63, 3.8) is 0 Å². The monoisotopic (exact) mass is 524 g/mol. The predicted octanol–water partition coefficient (Wildman–Crippen LogP) is 5.72. The van der Waals surface area contributed by atoms with Crippen LogP contribution in [0.25, 0.3) is 10.9 Å². The largest absolute Gasteiger partial charge is 0.358 e. The molecule has 1 aromatic heterocycles. The molecule has 5 rings (SSSR count). The molecule has 8 heteroatoms. The van der Waals surface area contributed by atoms with Crippen molar-refractivity contribution in [1.29, 1.82) is 0 Å². The highest BCUT2D eigenvalue weighted by atomic mass is 35.5. The molecule has 36 heavy (non-hydrogen) atoms. The third kappa shape index (κ3) is 4.10. The smallest absolute Gasteiger partial charge is 0.295 e. The maximum atomic E-state index is 17.3. The third-order valence-electron chi connectivity index (χ3n) is 7.02. The van der Waals surface area contributed by atoms with Gasteiger partial charge in [0.1, 0.15) is 0 Å². The summed E-state index contributed by atoms with van der Waals surface area (Å²) in [6.07, 6.45) is 0.737. The number of H-pyrrole nitrogens is 1. The number of amides is 1. The Labute approximate surface area is 214 Å². The second kappa shape index (κ2) is 9.37. The lowest BCUT2D eigenvalue weighted by atomic mass is 9.83. The molecule has 0 aliphatic heterocycles. The second-order valence-electron chi connectivity index (χ2n) is 9.32. The average Bonchev–Trinajstić information content (AvgIpc) is 3.25. The highest BCUT2D eigenvalue weighted by Gasteiger charge is 2.59.